The molecule has 0 fully saturated rings. The summed E-state index contributed by atoms with van der Waals surface area (Å²) in [4.78, 5) is 44.3. The molecule has 0 saturated heterocycles. The first-order valence-electron chi connectivity index (χ1n) is 12.5. The number of rotatable bonds is 13. The van der Waals surface area contributed by atoms with Gasteiger partial charge in [-0.1, -0.05) is 0 Å². The summed E-state index contributed by atoms with van der Waals surface area (Å²) < 4.78 is 43.7. The molecule has 0 aliphatic heterocycles. The summed E-state index contributed by atoms with van der Waals surface area (Å²) in [6, 6.07) is 16.9. The Morgan fingerprint density at radius 1 is 0.714 bits per heavy atom. The fourth-order valence-electron chi connectivity index (χ4n) is 3.95. The monoisotopic (exact) mass is 620 g/mol. The van der Waals surface area contributed by atoms with Crippen LogP contribution in [0.25, 0.3) is 33.9 Å². The van der Waals surface area contributed by atoms with Gasteiger partial charge in [0.05, 0.1) is 51.1 Å². The number of nitrogens with one attached hydrogen (secondary N) is 1. The first kappa shape index (κ1) is 31.1. The number of aromatic hydroxyl groups is 1. The molecule has 0 amide bonds. The third kappa shape index (κ3) is 8.13. The number of aromatic nitrogens is 2. The molecule has 0 aliphatic carbocycles. The minimum absolute atomic E-state index is 0.143. The molecular weight excluding hydrogens is 590 g/mol. The Labute approximate surface area is 241 Å². The van der Waals surface area contributed by atoms with Crippen LogP contribution in [-0.2, 0) is 9.13 Å². The molecule has 0 saturated carbocycles. The van der Waals surface area contributed by atoms with Crippen LogP contribution in [-0.4, -0.2) is 74.4 Å². The predicted octanol–water partition coefficient (Wildman–Crippen LogP) is 4.25. The molecule has 3 aromatic carbocycles. The van der Waals surface area contributed by atoms with Gasteiger partial charge >= 0.3 is 15.2 Å². The van der Waals surface area contributed by atoms with Crippen LogP contribution < -0.4 is 18.9 Å². The van der Waals surface area contributed by atoms with Crippen LogP contribution in [0.3, 0.4) is 0 Å². The average Bonchev–Trinajstić information content (AvgIpc) is 3.38. The van der Waals surface area contributed by atoms with E-state index in [1.54, 1.807) is 60.7 Å². The Hall–Kier alpha value is -3.83. The van der Waals surface area contributed by atoms with Crippen LogP contribution >= 0.6 is 15.2 Å². The summed E-state index contributed by atoms with van der Waals surface area (Å²) >= 11 is 0. The number of phenols is 1. The molecule has 42 heavy (non-hydrogen) atoms. The number of nitrogens with zero attached hydrogens (tertiary/aromatic N) is 1. The number of H-pyrrole nitrogens is 1. The highest BCUT2D eigenvalue weighted by molar-refractivity contribution is 7.52. The first-order valence-corrected chi connectivity index (χ1v) is 16.1. The molecule has 0 aliphatic rings. The van der Waals surface area contributed by atoms with Gasteiger partial charge in [0, 0.05) is 16.7 Å². The van der Waals surface area contributed by atoms with Crippen molar-refractivity contribution in [2.24, 2.45) is 0 Å². The summed E-state index contributed by atoms with van der Waals surface area (Å²) in [7, 11) is -5.51. The smallest absolute Gasteiger partial charge is 0.328 e. The zero-order chi connectivity index (χ0) is 30.5. The van der Waals surface area contributed by atoms with Crippen molar-refractivity contribution in [2.45, 2.75) is 0 Å². The van der Waals surface area contributed by atoms with Gasteiger partial charge in [-0.25, -0.2) is 4.98 Å². The number of methoxy groups -OCH3 is 2. The Balaban J connectivity index is 1.70. The molecule has 0 unspecified atom stereocenters. The van der Waals surface area contributed by atoms with E-state index in [0.717, 1.165) is 5.56 Å². The molecule has 224 valence electrons. The number of ether oxygens (including phenoxy) is 4. The van der Waals surface area contributed by atoms with Crippen molar-refractivity contribution in [3.8, 4) is 62.7 Å². The molecule has 0 bridgehead atoms. The maximum Gasteiger partial charge on any atom is 0.328 e. The maximum absolute atomic E-state index is 11.1. The van der Waals surface area contributed by atoms with Crippen LogP contribution in [0.15, 0.2) is 60.7 Å². The highest BCUT2D eigenvalue weighted by Crippen LogP contribution is 2.42. The second kappa shape index (κ2) is 13.0. The van der Waals surface area contributed by atoms with E-state index >= 15 is 0 Å². The van der Waals surface area contributed by atoms with Crippen molar-refractivity contribution in [3.05, 3.63) is 60.7 Å². The molecule has 6 N–H and O–H groups in total. The van der Waals surface area contributed by atoms with Gasteiger partial charge in [0.15, 0.2) is 11.5 Å². The van der Waals surface area contributed by atoms with Crippen molar-refractivity contribution in [1.82, 2.24) is 9.97 Å². The van der Waals surface area contributed by atoms with Gasteiger partial charge in [-0.15, -0.1) is 0 Å². The molecule has 1 aromatic heterocycles. The molecule has 15 heteroatoms. The second-order valence-electron chi connectivity index (χ2n) is 9.06. The van der Waals surface area contributed by atoms with E-state index in [-0.39, 0.29) is 30.5 Å². The summed E-state index contributed by atoms with van der Waals surface area (Å²) in [6.45, 7) is -0.287. The molecule has 4 rings (SSSR count). The van der Waals surface area contributed by atoms with Crippen LogP contribution in [0.4, 0.5) is 0 Å². The van der Waals surface area contributed by atoms with Crippen LogP contribution in [0.2, 0.25) is 0 Å². The Kier molecular flexibility index (Phi) is 9.63. The summed E-state index contributed by atoms with van der Waals surface area (Å²) in [6.07, 6.45) is -0.804. The maximum atomic E-state index is 11.1. The molecule has 1 heterocycles. The largest absolute Gasteiger partial charge is 0.502 e. The Bertz CT molecular complexity index is 1500. The number of benzene rings is 3. The van der Waals surface area contributed by atoms with Crippen molar-refractivity contribution in [2.75, 3.05) is 39.8 Å². The third-order valence-electron chi connectivity index (χ3n) is 6.03. The summed E-state index contributed by atoms with van der Waals surface area (Å²) in [5.74, 6) is 1.53. The quantitative estimate of drug-likeness (QED) is 0.116. The topological polar surface area (TPSA) is 201 Å². The number of imidazole rings is 1. The molecule has 4 aromatic rings. The van der Waals surface area contributed by atoms with Crippen LogP contribution in [0.5, 0.6) is 28.7 Å². The summed E-state index contributed by atoms with van der Waals surface area (Å²) in [5.41, 5.74) is 3.20. The minimum Gasteiger partial charge on any atom is -0.502 e. The van der Waals surface area contributed by atoms with E-state index in [0.29, 0.717) is 39.8 Å². The van der Waals surface area contributed by atoms with Gasteiger partial charge < -0.3 is 48.6 Å². The lowest BCUT2D eigenvalue weighted by molar-refractivity contribution is 0.314. The fraction of sp³-hybridized carbons (Fsp3) is 0.222. The number of phenolic OH excluding ortho intramolecular Hbond substituents is 1. The van der Waals surface area contributed by atoms with Crippen molar-refractivity contribution in [1.29, 1.82) is 0 Å². The van der Waals surface area contributed by atoms with E-state index in [9.17, 15) is 14.2 Å². The number of hydrogen-bond acceptors (Lipinski definition) is 8. The number of aromatic amines is 1. The second-order valence-corrected chi connectivity index (χ2v) is 12.6. The van der Waals surface area contributed by atoms with E-state index in [4.69, 9.17) is 43.5 Å². The van der Waals surface area contributed by atoms with Crippen molar-refractivity contribution >= 4 is 15.2 Å². The zero-order valence-electron chi connectivity index (χ0n) is 22.6. The van der Waals surface area contributed by atoms with Gasteiger partial charge in [-0.2, -0.15) is 0 Å². The Morgan fingerprint density at radius 3 is 1.60 bits per heavy atom. The van der Waals surface area contributed by atoms with Gasteiger partial charge in [-0.3, -0.25) is 9.13 Å². The molecule has 13 nitrogen and oxygen atoms in total. The van der Waals surface area contributed by atoms with E-state index in [1.807, 2.05) is 0 Å². The lowest BCUT2D eigenvalue weighted by atomic mass is 10.0. The molecular formula is C27H30N2O11P2. The SMILES string of the molecule is COc1cc(-c2nc(-c3ccc(OCCP(=O)(O)O)cc3)c(-c3ccc(OCCP(=O)(O)O)cc3)[nH]2)cc(OC)c1O. The van der Waals surface area contributed by atoms with Gasteiger partial charge in [-0.05, 0) is 60.7 Å². The molecule has 0 radical (unpaired) electrons. The average molecular weight is 620 g/mol. The van der Waals surface area contributed by atoms with Crippen LogP contribution in [0.1, 0.15) is 0 Å². The van der Waals surface area contributed by atoms with Gasteiger partial charge in [0.2, 0.25) is 5.75 Å². The minimum atomic E-state index is -4.18. The molecule has 0 atom stereocenters. The van der Waals surface area contributed by atoms with Crippen molar-refractivity contribution in [3.63, 3.8) is 0 Å². The van der Waals surface area contributed by atoms with Gasteiger partial charge in [0.1, 0.15) is 17.3 Å². The summed E-state index contributed by atoms with van der Waals surface area (Å²) in [5, 5.41) is 10.3. The molecule has 0 spiro atoms. The predicted molar refractivity (Wildman–Crippen MR) is 154 cm³/mol. The highest BCUT2D eigenvalue weighted by atomic mass is 31.2. The lowest BCUT2D eigenvalue weighted by Crippen LogP contribution is -2.03. The van der Waals surface area contributed by atoms with Crippen molar-refractivity contribution < 1.29 is 52.8 Å². The highest BCUT2D eigenvalue weighted by Gasteiger charge is 2.20. The van der Waals surface area contributed by atoms with E-state index in [2.05, 4.69) is 4.98 Å². The van der Waals surface area contributed by atoms with E-state index < -0.39 is 27.5 Å². The first-order chi connectivity index (χ1) is 19.9. The lowest BCUT2D eigenvalue weighted by Gasteiger charge is -2.10. The standard InChI is InChI=1S/C27H30N2O11P2/c1-37-22-15-19(16-23(38-2)26(22)30)27-28-24(17-3-7-20(8-4-17)39-11-13-41(31,32)33)25(29-27)18-5-9-21(10-6-18)40-12-14-42(34,35)36/h3-10,15-16,30H,11-14H2,1-2H3,(H,28,29)(H2,31,32,33)(H2,34,35,36). The zero-order valence-corrected chi connectivity index (χ0v) is 24.4. The normalized spacial score (nSPS) is 11.8. The third-order valence-corrected chi connectivity index (χ3v) is 7.56. The fourth-order valence-corrected chi connectivity index (χ4v) is 4.61. The van der Waals surface area contributed by atoms with Crippen LogP contribution in [0, 0.1) is 0 Å². The van der Waals surface area contributed by atoms with E-state index in [1.165, 1.54) is 14.2 Å². The number of hydrogen-bond donors (Lipinski definition) is 6. The van der Waals surface area contributed by atoms with Gasteiger partial charge in [0.25, 0.3) is 0 Å². The Morgan fingerprint density at radius 2 is 1.17 bits per heavy atom.